The number of nitrogens with two attached hydrogens (primary N) is 1. The molecule has 5 nitrogen and oxygen atoms in total. The van der Waals surface area contributed by atoms with Crippen molar-refractivity contribution >= 4 is 11.9 Å². The van der Waals surface area contributed by atoms with Gasteiger partial charge in [-0.25, -0.2) is 0 Å². The third-order valence-electron chi connectivity index (χ3n) is 6.17. The standard InChI is InChI=1S/C25H47NO4/c1-4-6-8-10-11-12-13-14-15-17-21(29-24(27)20(3)26)19-23-22(25(28)30-23)18-16-9-7-5-2/h20-23H,4-19,26H2,1-3H3/t20-,21-,22-,23-/m0/s1. The number of cyclic esters (lactones) is 1. The summed E-state index contributed by atoms with van der Waals surface area (Å²) in [6, 6.07) is -0.621. The summed E-state index contributed by atoms with van der Waals surface area (Å²) < 4.78 is 11.1. The van der Waals surface area contributed by atoms with Gasteiger partial charge < -0.3 is 15.2 Å². The highest BCUT2D eigenvalue weighted by atomic mass is 16.6. The molecule has 0 aromatic heterocycles. The number of hydrogen-bond acceptors (Lipinski definition) is 5. The van der Waals surface area contributed by atoms with Gasteiger partial charge in [-0.15, -0.1) is 0 Å². The lowest BCUT2D eigenvalue weighted by atomic mass is 9.86. The number of unbranched alkanes of at least 4 members (excludes halogenated alkanes) is 11. The Morgan fingerprint density at radius 1 is 0.933 bits per heavy atom. The minimum atomic E-state index is -0.621. The van der Waals surface area contributed by atoms with Gasteiger partial charge in [0.25, 0.3) is 0 Å². The molecule has 1 saturated heterocycles. The van der Waals surface area contributed by atoms with Crippen molar-refractivity contribution in [3.8, 4) is 0 Å². The van der Waals surface area contributed by atoms with Crippen LogP contribution in [-0.4, -0.2) is 30.2 Å². The zero-order valence-electron chi connectivity index (χ0n) is 19.8. The zero-order chi connectivity index (χ0) is 22.2. The van der Waals surface area contributed by atoms with E-state index < -0.39 is 6.04 Å². The van der Waals surface area contributed by atoms with E-state index >= 15 is 0 Å². The molecule has 0 spiro atoms. The summed E-state index contributed by atoms with van der Waals surface area (Å²) in [6.07, 6.45) is 18.0. The lowest BCUT2D eigenvalue weighted by molar-refractivity contribution is -0.190. The number of rotatable bonds is 19. The van der Waals surface area contributed by atoms with Gasteiger partial charge in [0.2, 0.25) is 0 Å². The summed E-state index contributed by atoms with van der Waals surface area (Å²) in [6.45, 7) is 6.08. The molecule has 176 valence electrons. The molecule has 30 heavy (non-hydrogen) atoms. The Morgan fingerprint density at radius 3 is 2.00 bits per heavy atom. The third kappa shape index (κ3) is 11.3. The molecule has 0 amide bonds. The van der Waals surface area contributed by atoms with Crippen molar-refractivity contribution in [3.05, 3.63) is 0 Å². The van der Waals surface area contributed by atoms with Gasteiger partial charge in [-0.05, 0) is 26.2 Å². The van der Waals surface area contributed by atoms with E-state index in [-0.39, 0.29) is 30.1 Å². The van der Waals surface area contributed by atoms with Crippen LogP contribution in [0.15, 0.2) is 0 Å². The van der Waals surface area contributed by atoms with Gasteiger partial charge in [0.15, 0.2) is 0 Å². The fraction of sp³-hybridized carbons (Fsp3) is 0.920. The Labute approximate surface area is 184 Å². The van der Waals surface area contributed by atoms with Crippen LogP contribution in [0.1, 0.15) is 124 Å². The van der Waals surface area contributed by atoms with Crippen molar-refractivity contribution in [3.63, 3.8) is 0 Å². The van der Waals surface area contributed by atoms with Crippen LogP contribution < -0.4 is 5.73 Å². The number of hydrogen-bond donors (Lipinski definition) is 1. The molecule has 1 aliphatic rings. The first-order chi connectivity index (χ1) is 14.5. The maximum Gasteiger partial charge on any atom is 0.322 e. The van der Waals surface area contributed by atoms with Gasteiger partial charge in [0, 0.05) is 6.42 Å². The average molecular weight is 426 g/mol. The van der Waals surface area contributed by atoms with E-state index in [2.05, 4.69) is 13.8 Å². The smallest absolute Gasteiger partial charge is 0.322 e. The molecular weight excluding hydrogens is 378 g/mol. The van der Waals surface area contributed by atoms with E-state index in [1.807, 2.05) is 0 Å². The Hall–Kier alpha value is -1.10. The first kappa shape index (κ1) is 26.9. The van der Waals surface area contributed by atoms with Crippen LogP contribution in [0.3, 0.4) is 0 Å². The van der Waals surface area contributed by atoms with Crippen LogP contribution in [0.4, 0.5) is 0 Å². The van der Waals surface area contributed by atoms with Gasteiger partial charge in [-0.2, -0.15) is 0 Å². The van der Waals surface area contributed by atoms with Crippen LogP contribution in [0.5, 0.6) is 0 Å². The molecule has 1 aliphatic heterocycles. The highest BCUT2D eigenvalue weighted by Crippen LogP contribution is 2.32. The maximum absolute atomic E-state index is 12.0. The second kappa shape index (κ2) is 16.6. The van der Waals surface area contributed by atoms with Gasteiger partial charge >= 0.3 is 11.9 Å². The molecule has 1 heterocycles. The third-order valence-corrected chi connectivity index (χ3v) is 6.17. The summed E-state index contributed by atoms with van der Waals surface area (Å²) in [5.74, 6) is -0.473. The van der Waals surface area contributed by atoms with Crippen molar-refractivity contribution in [2.75, 3.05) is 0 Å². The molecule has 0 aromatic rings. The molecule has 0 bridgehead atoms. The summed E-state index contributed by atoms with van der Waals surface area (Å²) in [5.41, 5.74) is 5.69. The molecule has 0 aromatic carbocycles. The normalized spacial score (nSPS) is 20.3. The highest BCUT2D eigenvalue weighted by Gasteiger charge is 2.43. The summed E-state index contributed by atoms with van der Waals surface area (Å²) >= 11 is 0. The Kier molecular flexibility index (Phi) is 14.9. The van der Waals surface area contributed by atoms with E-state index in [0.717, 1.165) is 38.5 Å². The van der Waals surface area contributed by atoms with E-state index in [0.29, 0.717) is 6.42 Å². The molecule has 0 saturated carbocycles. The lowest BCUT2D eigenvalue weighted by Gasteiger charge is -2.37. The van der Waals surface area contributed by atoms with Gasteiger partial charge in [-0.3, -0.25) is 9.59 Å². The van der Waals surface area contributed by atoms with Crippen molar-refractivity contribution in [1.82, 2.24) is 0 Å². The zero-order valence-corrected chi connectivity index (χ0v) is 19.8. The van der Waals surface area contributed by atoms with E-state index in [1.54, 1.807) is 6.92 Å². The molecule has 5 heteroatoms. The minimum Gasteiger partial charge on any atom is -0.461 e. The first-order valence-electron chi connectivity index (χ1n) is 12.7. The van der Waals surface area contributed by atoms with Gasteiger partial charge in [-0.1, -0.05) is 90.9 Å². The average Bonchev–Trinajstić information content (AvgIpc) is 2.71. The molecule has 0 radical (unpaired) electrons. The lowest BCUT2D eigenvalue weighted by Crippen LogP contribution is -2.47. The number of esters is 2. The molecule has 2 N–H and O–H groups in total. The van der Waals surface area contributed by atoms with Gasteiger partial charge in [0.1, 0.15) is 18.2 Å². The fourth-order valence-corrected chi connectivity index (χ4v) is 4.14. The second-order valence-electron chi connectivity index (χ2n) is 9.13. The van der Waals surface area contributed by atoms with Crippen molar-refractivity contribution in [2.24, 2.45) is 11.7 Å². The molecule has 1 rings (SSSR count). The van der Waals surface area contributed by atoms with E-state index in [1.165, 1.54) is 57.8 Å². The molecule has 0 aliphatic carbocycles. The number of carbonyl (C=O) groups excluding carboxylic acids is 2. The number of ether oxygens (including phenoxy) is 2. The van der Waals surface area contributed by atoms with Crippen LogP contribution in [0.2, 0.25) is 0 Å². The topological polar surface area (TPSA) is 78.6 Å². The van der Waals surface area contributed by atoms with Crippen molar-refractivity contribution in [2.45, 2.75) is 142 Å². The van der Waals surface area contributed by atoms with E-state index in [9.17, 15) is 9.59 Å². The van der Waals surface area contributed by atoms with Gasteiger partial charge in [0.05, 0.1) is 5.92 Å². The monoisotopic (exact) mass is 425 g/mol. The van der Waals surface area contributed by atoms with Crippen LogP contribution >= 0.6 is 0 Å². The predicted molar refractivity (Wildman–Crippen MR) is 122 cm³/mol. The second-order valence-corrected chi connectivity index (χ2v) is 9.13. The fourth-order valence-electron chi connectivity index (χ4n) is 4.14. The molecule has 0 unspecified atom stereocenters. The maximum atomic E-state index is 12.0. The largest absolute Gasteiger partial charge is 0.461 e. The predicted octanol–water partition coefficient (Wildman–Crippen LogP) is 6.07. The highest BCUT2D eigenvalue weighted by molar-refractivity contribution is 5.78. The SMILES string of the molecule is CCCCCCCCCCC[C@@H](C[C@@H]1OC(=O)[C@H]1CCCCCC)OC(=O)[C@H](C)N. The van der Waals surface area contributed by atoms with Crippen molar-refractivity contribution < 1.29 is 19.1 Å². The van der Waals surface area contributed by atoms with Crippen LogP contribution in [0, 0.1) is 5.92 Å². The summed E-state index contributed by atoms with van der Waals surface area (Å²) in [7, 11) is 0. The Bertz CT molecular complexity index is 466. The Balaban J connectivity index is 2.35. The quantitative estimate of drug-likeness (QED) is 0.201. The van der Waals surface area contributed by atoms with Crippen LogP contribution in [0.25, 0.3) is 0 Å². The minimum absolute atomic E-state index is 0.0264. The first-order valence-corrected chi connectivity index (χ1v) is 12.7. The summed E-state index contributed by atoms with van der Waals surface area (Å²) in [5, 5.41) is 0. The van der Waals surface area contributed by atoms with Crippen molar-refractivity contribution in [1.29, 1.82) is 0 Å². The molecule has 4 atom stereocenters. The van der Waals surface area contributed by atoms with E-state index in [4.69, 9.17) is 15.2 Å². The van der Waals surface area contributed by atoms with Crippen LogP contribution in [-0.2, 0) is 19.1 Å². The number of carbonyl (C=O) groups is 2. The molecular formula is C25H47NO4. The summed E-state index contributed by atoms with van der Waals surface area (Å²) in [4.78, 5) is 23.9. The Morgan fingerprint density at radius 2 is 1.47 bits per heavy atom. The molecule has 1 fully saturated rings.